The molecule has 0 saturated heterocycles. The first kappa shape index (κ1) is 16.1. The van der Waals surface area contributed by atoms with Crippen LogP contribution in [0.4, 0.5) is 29.3 Å². The van der Waals surface area contributed by atoms with Crippen LogP contribution in [0.2, 0.25) is 0 Å². The number of hydrogen-bond acceptors (Lipinski definition) is 2. The second-order valence-electron chi connectivity index (χ2n) is 4.39. The van der Waals surface area contributed by atoms with E-state index in [1.807, 2.05) is 5.38 Å². The summed E-state index contributed by atoms with van der Waals surface area (Å²) in [4.78, 5) is 13.6. The fourth-order valence-electron chi connectivity index (χ4n) is 1.81. The molecule has 7 heteroatoms. The molecule has 0 aliphatic heterocycles. The Labute approximate surface area is 129 Å². The van der Waals surface area contributed by atoms with Crippen LogP contribution in [-0.4, -0.2) is 12.6 Å². The van der Waals surface area contributed by atoms with Gasteiger partial charge in [0.2, 0.25) is 0 Å². The van der Waals surface area contributed by atoms with Crippen molar-refractivity contribution in [1.29, 1.82) is 0 Å². The van der Waals surface area contributed by atoms with Crippen molar-refractivity contribution in [1.82, 2.24) is 0 Å². The number of anilines is 2. The van der Waals surface area contributed by atoms with Crippen molar-refractivity contribution in [3.05, 3.63) is 59.3 Å². The Bertz CT molecular complexity index is 653. The predicted molar refractivity (Wildman–Crippen MR) is 82.3 cm³/mol. The third kappa shape index (κ3) is 3.88. The summed E-state index contributed by atoms with van der Waals surface area (Å²) in [5, 5.41) is 6.05. The standard InChI is InChI=1S/C15H13F3N2OS/c1-2-7-20(13-6-8-22-10-13)14(21)19-12-5-3-4-11(9-12)15(16,17)18/h2-6,8-10H,1,7H2,(H,19,21). The van der Waals surface area contributed by atoms with E-state index in [-0.39, 0.29) is 12.2 Å². The summed E-state index contributed by atoms with van der Waals surface area (Å²) in [5.74, 6) is 0. The zero-order valence-electron chi connectivity index (χ0n) is 11.4. The molecule has 1 aromatic carbocycles. The number of amides is 2. The van der Waals surface area contributed by atoms with Gasteiger partial charge < -0.3 is 5.32 Å². The van der Waals surface area contributed by atoms with Crippen molar-refractivity contribution in [2.45, 2.75) is 6.18 Å². The van der Waals surface area contributed by atoms with E-state index < -0.39 is 17.8 Å². The van der Waals surface area contributed by atoms with Crippen LogP contribution >= 0.6 is 11.3 Å². The minimum absolute atomic E-state index is 0.0871. The molecule has 1 heterocycles. The third-order valence-electron chi connectivity index (χ3n) is 2.82. The normalized spacial score (nSPS) is 11.0. The van der Waals surface area contributed by atoms with Gasteiger partial charge in [-0.25, -0.2) is 4.79 Å². The molecule has 0 aliphatic rings. The van der Waals surface area contributed by atoms with E-state index in [1.54, 1.807) is 17.5 Å². The molecule has 116 valence electrons. The zero-order valence-corrected chi connectivity index (χ0v) is 12.2. The lowest BCUT2D eigenvalue weighted by Crippen LogP contribution is -2.34. The van der Waals surface area contributed by atoms with Gasteiger partial charge in [0.1, 0.15) is 0 Å². The number of carbonyl (C=O) groups excluding carboxylic acids is 1. The summed E-state index contributed by atoms with van der Waals surface area (Å²) in [7, 11) is 0. The van der Waals surface area contributed by atoms with Gasteiger partial charge in [0.15, 0.2) is 0 Å². The molecular weight excluding hydrogens is 313 g/mol. The van der Waals surface area contributed by atoms with Gasteiger partial charge in [0.25, 0.3) is 0 Å². The van der Waals surface area contributed by atoms with Gasteiger partial charge in [-0.2, -0.15) is 24.5 Å². The molecule has 0 aliphatic carbocycles. The van der Waals surface area contributed by atoms with Crippen LogP contribution in [0.15, 0.2) is 53.7 Å². The largest absolute Gasteiger partial charge is 0.416 e. The lowest BCUT2D eigenvalue weighted by molar-refractivity contribution is -0.137. The van der Waals surface area contributed by atoms with Crippen LogP contribution < -0.4 is 10.2 Å². The number of nitrogens with one attached hydrogen (secondary N) is 1. The molecule has 3 nitrogen and oxygen atoms in total. The number of nitrogens with zero attached hydrogens (tertiary/aromatic N) is 1. The Morgan fingerprint density at radius 2 is 2.14 bits per heavy atom. The van der Waals surface area contributed by atoms with Crippen molar-refractivity contribution in [3.63, 3.8) is 0 Å². The highest BCUT2D eigenvalue weighted by molar-refractivity contribution is 7.08. The molecule has 0 atom stereocenters. The average molecular weight is 326 g/mol. The minimum Gasteiger partial charge on any atom is -0.308 e. The van der Waals surface area contributed by atoms with Gasteiger partial charge in [-0.3, -0.25) is 4.90 Å². The van der Waals surface area contributed by atoms with Crippen LogP contribution in [0.5, 0.6) is 0 Å². The monoisotopic (exact) mass is 326 g/mol. The number of halogens is 3. The predicted octanol–water partition coefficient (Wildman–Crippen LogP) is 4.99. The Kier molecular flexibility index (Phi) is 4.87. The van der Waals surface area contributed by atoms with Gasteiger partial charge in [-0.1, -0.05) is 12.1 Å². The molecule has 0 fully saturated rings. The molecule has 0 bridgehead atoms. The number of alkyl halides is 3. The molecule has 2 aromatic rings. The van der Waals surface area contributed by atoms with Crippen molar-refractivity contribution in [3.8, 4) is 0 Å². The summed E-state index contributed by atoms with van der Waals surface area (Å²) in [5.41, 5.74) is -0.0606. The lowest BCUT2D eigenvalue weighted by Gasteiger charge is -2.20. The maximum Gasteiger partial charge on any atom is 0.416 e. The van der Waals surface area contributed by atoms with Crippen molar-refractivity contribution >= 4 is 28.7 Å². The Morgan fingerprint density at radius 1 is 1.36 bits per heavy atom. The van der Waals surface area contributed by atoms with Crippen LogP contribution in [0, 0.1) is 0 Å². The summed E-state index contributed by atoms with van der Waals surface area (Å²) in [6.45, 7) is 3.83. The van der Waals surface area contributed by atoms with E-state index in [0.29, 0.717) is 5.69 Å². The van der Waals surface area contributed by atoms with E-state index in [1.165, 1.54) is 28.4 Å². The minimum atomic E-state index is -4.45. The molecule has 0 radical (unpaired) electrons. The Morgan fingerprint density at radius 3 is 2.73 bits per heavy atom. The van der Waals surface area contributed by atoms with Crippen molar-refractivity contribution in [2.24, 2.45) is 0 Å². The smallest absolute Gasteiger partial charge is 0.308 e. The lowest BCUT2D eigenvalue weighted by atomic mass is 10.2. The second kappa shape index (κ2) is 6.65. The number of thiophene rings is 1. The summed E-state index contributed by atoms with van der Waals surface area (Å²) in [6.07, 6.45) is -2.90. The SMILES string of the molecule is C=CCN(C(=O)Nc1cccc(C(F)(F)F)c1)c1ccsc1. The fraction of sp³-hybridized carbons (Fsp3) is 0.133. The molecule has 1 aromatic heterocycles. The number of rotatable bonds is 4. The molecular formula is C15H13F3N2OS. The van der Waals surface area contributed by atoms with Crippen LogP contribution in [-0.2, 0) is 6.18 Å². The highest BCUT2D eigenvalue weighted by Gasteiger charge is 2.30. The van der Waals surface area contributed by atoms with Gasteiger partial charge in [-0.05, 0) is 29.6 Å². The summed E-state index contributed by atoms with van der Waals surface area (Å²) >= 11 is 1.42. The maximum absolute atomic E-state index is 12.7. The van der Waals surface area contributed by atoms with Gasteiger partial charge >= 0.3 is 12.2 Å². The maximum atomic E-state index is 12.7. The van der Waals surface area contributed by atoms with Gasteiger partial charge in [-0.15, -0.1) is 6.58 Å². The highest BCUT2D eigenvalue weighted by Crippen LogP contribution is 2.30. The van der Waals surface area contributed by atoms with Crippen LogP contribution in [0.1, 0.15) is 5.56 Å². The molecule has 1 N–H and O–H groups in total. The first-order valence-electron chi connectivity index (χ1n) is 6.30. The number of carbonyl (C=O) groups is 1. The molecule has 0 saturated carbocycles. The average Bonchev–Trinajstić information content (AvgIpc) is 2.98. The van der Waals surface area contributed by atoms with E-state index >= 15 is 0 Å². The highest BCUT2D eigenvalue weighted by atomic mass is 32.1. The summed E-state index contributed by atoms with van der Waals surface area (Å²) < 4.78 is 38.0. The van der Waals surface area contributed by atoms with Crippen LogP contribution in [0.25, 0.3) is 0 Å². The fourth-order valence-corrected chi connectivity index (χ4v) is 2.45. The second-order valence-corrected chi connectivity index (χ2v) is 5.17. The summed E-state index contributed by atoms with van der Waals surface area (Å²) in [6, 6.07) is 5.75. The van der Waals surface area contributed by atoms with Gasteiger partial charge in [0.05, 0.1) is 11.3 Å². The number of benzene rings is 1. The number of hydrogen-bond donors (Lipinski definition) is 1. The van der Waals surface area contributed by atoms with Crippen molar-refractivity contribution in [2.75, 3.05) is 16.8 Å². The zero-order chi connectivity index (χ0) is 16.2. The molecule has 0 spiro atoms. The first-order valence-corrected chi connectivity index (χ1v) is 7.25. The number of urea groups is 1. The Balaban J connectivity index is 2.18. The van der Waals surface area contributed by atoms with Crippen molar-refractivity contribution < 1.29 is 18.0 Å². The molecule has 0 unspecified atom stereocenters. The molecule has 22 heavy (non-hydrogen) atoms. The van der Waals surface area contributed by atoms with E-state index in [9.17, 15) is 18.0 Å². The molecule has 2 amide bonds. The van der Waals surface area contributed by atoms with E-state index in [4.69, 9.17) is 0 Å². The first-order chi connectivity index (χ1) is 10.4. The Hall–Kier alpha value is -2.28. The quantitative estimate of drug-likeness (QED) is 0.789. The van der Waals surface area contributed by atoms with Crippen LogP contribution in [0.3, 0.4) is 0 Å². The van der Waals surface area contributed by atoms with Gasteiger partial charge in [0, 0.05) is 17.6 Å². The van der Waals surface area contributed by atoms with E-state index in [0.717, 1.165) is 12.1 Å². The van der Waals surface area contributed by atoms with E-state index in [2.05, 4.69) is 11.9 Å². The third-order valence-corrected chi connectivity index (χ3v) is 3.49. The molecule has 2 rings (SSSR count). The topological polar surface area (TPSA) is 32.3 Å².